The number of anilines is 3. The molecular formula is C14H12F2N2O2. The van der Waals surface area contributed by atoms with Crippen molar-refractivity contribution in [3.63, 3.8) is 0 Å². The van der Waals surface area contributed by atoms with E-state index >= 15 is 0 Å². The van der Waals surface area contributed by atoms with Crippen molar-refractivity contribution in [1.82, 2.24) is 0 Å². The van der Waals surface area contributed by atoms with Crippen LogP contribution in [0.15, 0.2) is 30.3 Å². The number of aryl methyl sites for hydroxylation is 1. The monoisotopic (exact) mass is 278 g/mol. The lowest BCUT2D eigenvalue weighted by Gasteiger charge is -2.12. The van der Waals surface area contributed by atoms with Gasteiger partial charge < -0.3 is 16.2 Å². The van der Waals surface area contributed by atoms with Crippen LogP contribution in [0.2, 0.25) is 0 Å². The van der Waals surface area contributed by atoms with Gasteiger partial charge in [0.05, 0.1) is 11.3 Å². The zero-order valence-corrected chi connectivity index (χ0v) is 10.6. The topological polar surface area (TPSA) is 75.3 Å². The zero-order chi connectivity index (χ0) is 14.9. The molecule has 0 fully saturated rings. The molecule has 0 aliphatic carbocycles. The van der Waals surface area contributed by atoms with Crippen LogP contribution in [-0.2, 0) is 0 Å². The van der Waals surface area contributed by atoms with E-state index in [0.29, 0.717) is 11.3 Å². The maximum atomic E-state index is 13.8. The van der Waals surface area contributed by atoms with Crippen molar-refractivity contribution in [2.45, 2.75) is 6.92 Å². The third kappa shape index (κ3) is 2.69. The number of rotatable bonds is 3. The van der Waals surface area contributed by atoms with Crippen molar-refractivity contribution in [3.05, 3.63) is 53.1 Å². The van der Waals surface area contributed by atoms with Crippen molar-refractivity contribution in [2.75, 3.05) is 11.1 Å². The summed E-state index contributed by atoms with van der Waals surface area (Å²) in [5.74, 6) is -2.34. The Hall–Kier alpha value is -2.63. The number of carboxylic acids is 1. The van der Waals surface area contributed by atoms with Gasteiger partial charge in [0, 0.05) is 11.4 Å². The molecule has 0 heterocycles. The van der Waals surface area contributed by atoms with Gasteiger partial charge in [0.1, 0.15) is 11.6 Å². The number of nitrogens with one attached hydrogen (secondary N) is 1. The number of halogens is 2. The first-order chi connectivity index (χ1) is 9.38. The molecule has 0 aliphatic rings. The van der Waals surface area contributed by atoms with Gasteiger partial charge in [0.15, 0.2) is 0 Å². The van der Waals surface area contributed by atoms with Crippen LogP contribution in [0.5, 0.6) is 0 Å². The van der Waals surface area contributed by atoms with Gasteiger partial charge in [-0.15, -0.1) is 0 Å². The first kappa shape index (κ1) is 13.8. The molecule has 0 atom stereocenters. The lowest BCUT2D eigenvalue weighted by atomic mass is 10.1. The molecule has 0 aromatic heterocycles. The Bertz CT molecular complexity index is 687. The number of aromatic carboxylic acids is 1. The summed E-state index contributed by atoms with van der Waals surface area (Å²) in [5.41, 5.74) is 6.09. The molecule has 0 amide bonds. The average Bonchev–Trinajstić information content (AvgIpc) is 2.35. The van der Waals surface area contributed by atoms with E-state index in [1.165, 1.54) is 18.2 Å². The van der Waals surface area contributed by atoms with E-state index in [0.717, 1.165) is 12.1 Å². The van der Waals surface area contributed by atoms with Crippen molar-refractivity contribution in [2.24, 2.45) is 0 Å². The highest BCUT2D eigenvalue weighted by Gasteiger charge is 2.14. The highest BCUT2D eigenvalue weighted by Crippen LogP contribution is 2.27. The van der Waals surface area contributed by atoms with Crippen molar-refractivity contribution < 1.29 is 18.7 Å². The number of hydrogen-bond donors (Lipinski definition) is 3. The molecule has 2 aromatic carbocycles. The van der Waals surface area contributed by atoms with Gasteiger partial charge in [-0.05, 0) is 42.8 Å². The Labute approximate surface area is 113 Å². The second-order valence-corrected chi connectivity index (χ2v) is 4.31. The van der Waals surface area contributed by atoms with Crippen molar-refractivity contribution >= 4 is 23.0 Å². The Morgan fingerprint density at radius 3 is 2.50 bits per heavy atom. The van der Waals surface area contributed by atoms with Gasteiger partial charge in [-0.2, -0.15) is 0 Å². The Morgan fingerprint density at radius 2 is 1.90 bits per heavy atom. The molecule has 0 spiro atoms. The van der Waals surface area contributed by atoms with Crippen LogP contribution in [0.25, 0.3) is 0 Å². The number of carbonyl (C=O) groups is 1. The lowest BCUT2D eigenvalue weighted by molar-refractivity contribution is 0.0698. The maximum absolute atomic E-state index is 13.8. The van der Waals surface area contributed by atoms with Gasteiger partial charge in [0.25, 0.3) is 0 Å². The van der Waals surface area contributed by atoms with Gasteiger partial charge in [-0.3, -0.25) is 0 Å². The van der Waals surface area contributed by atoms with Crippen LogP contribution >= 0.6 is 0 Å². The summed E-state index contributed by atoms with van der Waals surface area (Å²) in [6.07, 6.45) is 0. The van der Waals surface area contributed by atoms with E-state index in [1.54, 1.807) is 6.92 Å². The summed E-state index contributed by atoms with van der Waals surface area (Å²) in [6.45, 7) is 1.65. The van der Waals surface area contributed by atoms with E-state index in [-0.39, 0.29) is 16.9 Å². The van der Waals surface area contributed by atoms with Crippen LogP contribution in [0.3, 0.4) is 0 Å². The van der Waals surface area contributed by atoms with E-state index < -0.39 is 17.6 Å². The second-order valence-electron chi connectivity index (χ2n) is 4.31. The van der Waals surface area contributed by atoms with E-state index in [1.807, 2.05) is 0 Å². The lowest BCUT2D eigenvalue weighted by Crippen LogP contribution is -2.05. The second kappa shape index (κ2) is 5.16. The number of nitrogens with two attached hydrogens (primary N) is 1. The van der Waals surface area contributed by atoms with Crippen molar-refractivity contribution in [1.29, 1.82) is 0 Å². The van der Waals surface area contributed by atoms with E-state index in [9.17, 15) is 13.6 Å². The predicted octanol–water partition coefficient (Wildman–Crippen LogP) is 3.30. The summed E-state index contributed by atoms with van der Waals surface area (Å²) in [5, 5.41) is 11.7. The molecule has 2 rings (SSSR count). The number of benzene rings is 2. The fourth-order valence-electron chi connectivity index (χ4n) is 1.78. The third-order valence-electron chi connectivity index (χ3n) is 2.83. The molecular weight excluding hydrogens is 266 g/mol. The van der Waals surface area contributed by atoms with Crippen molar-refractivity contribution in [3.8, 4) is 0 Å². The Morgan fingerprint density at radius 1 is 1.20 bits per heavy atom. The quantitative estimate of drug-likeness (QED) is 0.753. The molecule has 104 valence electrons. The van der Waals surface area contributed by atoms with Crippen LogP contribution in [-0.4, -0.2) is 11.1 Å². The standard InChI is InChI=1S/C14H12F2N2O2/c1-7-4-8(15)2-3-12(7)18-13-5-9(14(19)20)11(17)6-10(13)16/h2-6,18H,17H2,1H3,(H,19,20). The SMILES string of the molecule is Cc1cc(F)ccc1Nc1cc(C(=O)O)c(N)cc1F. The number of carboxylic acid groups (broad SMARTS) is 1. The van der Waals surface area contributed by atoms with Crippen LogP contribution in [0.4, 0.5) is 25.8 Å². The Kier molecular flexibility index (Phi) is 3.56. The first-order valence-electron chi connectivity index (χ1n) is 5.74. The number of hydrogen-bond acceptors (Lipinski definition) is 3. The molecule has 0 unspecified atom stereocenters. The van der Waals surface area contributed by atoms with Gasteiger partial charge in [-0.25, -0.2) is 13.6 Å². The van der Waals surface area contributed by atoms with Crippen LogP contribution < -0.4 is 11.1 Å². The summed E-state index contributed by atoms with van der Waals surface area (Å²) in [7, 11) is 0. The molecule has 0 saturated heterocycles. The molecule has 4 nitrogen and oxygen atoms in total. The fraction of sp³-hybridized carbons (Fsp3) is 0.0714. The molecule has 0 saturated carbocycles. The summed E-state index contributed by atoms with van der Waals surface area (Å²) in [4.78, 5) is 11.0. The molecule has 0 aliphatic heterocycles. The highest BCUT2D eigenvalue weighted by atomic mass is 19.1. The first-order valence-corrected chi connectivity index (χ1v) is 5.74. The summed E-state index contributed by atoms with van der Waals surface area (Å²) >= 11 is 0. The Balaban J connectivity index is 2.43. The predicted molar refractivity (Wildman–Crippen MR) is 72.2 cm³/mol. The molecule has 20 heavy (non-hydrogen) atoms. The van der Waals surface area contributed by atoms with Gasteiger partial charge in [0.2, 0.25) is 0 Å². The largest absolute Gasteiger partial charge is 0.478 e. The summed E-state index contributed by atoms with van der Waals surface area (Å²) < 4.78 is 26.8. The minimum atomic E-state index is -1.25. The molecule has 6 heteroatoms. The van der Waals surface area contributed by atoms with Crippen LogP contribution in [0, 0.1) is 18.6 Å². The molecule has 0 radical (unpaired) electrons. The molecule has 0 bridgehead atoms. The van der Waals surface area contributed by atoms with E-state index in [2.05, 4.69) is 5.32 Å². The highest BCUT2D eigenvalue weighted by molar-refractivity contribution is 5.95. The minimum absolute atomic E-state index is 0.0358. The minimum Gasteiger partial charge on any atom is -0.478 e. The number of nitrogen functional groups attached to an aromatic ring is 1. The zero-order valence-electron chi connectivity index (χ0n) is 10.6. The third-order valence-corrected chi connectivity index (χ3v) is 2.83. The molecule has 4 N–H and O–H groups in total. The van der Waals surface area contributed by atoms with Gasteiger partial charge in [-0.1, -0.05) is 0 Å². The normalized spacial score (nSPS) is 10.3. The van der Waals surface area contributed by atoms with Crippen LogP contribution in [0.1, 0.15) is 15.9 Å². The average molecular weight is 278 g/mol. The fourth-order valence-corrected chi connectivity index (χ4v) is 1.78. The van der Waals surface area contributed by atoms with E-state index in [4.69, 9.17) is 10.8 Å². The molecule has 2 aromatic rings. The maximum Gasteiger partial charge on any atom is 0.337 e. The van der Waals surface area contributed by atoms with Gasteiger partial charge >= 0.3 is 5.97 Å². The summed E-state index contributed by atoms with van der Waals surface area (Å²) in [6, 6.07) is 6.00. The smallest absolute Gasteiger partial charge is 0.337 e.